The van der Waals surface area contributed by atoms with Gasteiger partial charge in [-0.3, -0.25) is 0 Å². The maximum absolute atomic E-state index is 12.8. The lowest BCUT2D eigenvalue weighted by Crippen LogP contribution is -2.44. The molecule has 2 aromatic carbocycles. The maximum Gasteiger partial charge on any atom is 0.408 e. The predicted molar refractivity (Wildman–Crippen MR) is 120 cm³/mol. The zero-order chi connectivity index (χ0) is 25.4. The Morgan fingerprint density at radius 3 is 1.89 bits per heavy atom. The van der Waals surface area contributed by atoms with E-state index in [1.807, 2.05) is 0 Å². The Hall–Kier alpha value is -4.34. The van der Waals surface area contributed by atoms with Gasteiger partial charge in [-0.05, 0) is 11.1 Å². The van der Waals surface area contributed by atoms with Gasteiger partial charge in [0.05, 0.1) is 0 Å². The van der Waals surface area contributed by atoms with E-state index in [9.17, 15) is 24.3 Å². The molecule has 1 heterocycles. The summed E-state index contributed by atoms with van der Waals surface area (Å²) >= 11 is 0. The topological polar surface area (TPSA) is 137 Å². The molecule has 3 rings (SSSR count). The Bertz CT molecular complexity index is 1090. The molecule has 0 radical (unpaired) electrons. The van der Waals surface area contributed by atoms with E-state index in [1.54, 1.807) is 60.7 Å². The molecule has 0 saturated carbocycles. The molecule has 10 nitrogen and oxygen atoms in total. The molecule has 2 aromatic rings. The van der Waals surface area contributed by atoms with Crippen LogP contribution in [-0.4, -0.2) is 40.9 Å². The highest BCUT2D eigenvalue weighted by Crippen LogP contribution is 2.25. The van der Waals surface area contributed by atoms with Crippen molar-refractivity contribution in [2.75, 3.05) is 0 Å². The first-order valence-electron chi connectivity index (χ1n) is 10.7. The number of esters is 3. The molecule has 1 aliphatic heterocycles. The largest absolute Gasteiger partial charge is 0.511 e. The quantitative estimate of drug-likeness (QED) is 0.191. The Morgan fingerprint density at radius 1 is 0.886 bits per heavy atom. The van der Waals surface area contributed by atoms with E-state index in [2.05, 4.69) is 5.32 Å². The van der Waals surface area contributed by atoms with Gasteiger partial charge in [0.1, 0.15) is 25.0 Å². The number of carbonyl (C=O) groups excluding carboxylic acids is 4. The number of rotatable bonds is 8. The first-order valence-corrected chi connectivity index (χ1v) is 10.7. The van der Waals surface area contributed by atoms with Crippen molar-refractivity contribution in [2.24, 2.45) is 0 Å². The van der Waals surface area contributed by atoms with E-state index >= 15 is 0 Å². The number of ether oxygens (including phenoxy) is 4. The molecular weight excluding hydrogens is 458 g/mol. The van der Waals surface area contributed by atoms with E-state index in [0.29, 0.717) is 11.1 Å². The molecule has 0 aromatic heterocycles. The van der Waals surface area contributed by atoms with Gasteiger partial charge in [-0.2, -0.15) is 0 Å². The predicted octanol–water partition coefficient (Wildman–Crippen LogP) is 3.06. The molecule has 10 heteroatoms. The average molecular weight is 483 g/mol. The molecule has 1 saturated heterocycles. The molecule has 1 aliphatic rings. The summed E-state index contributed by atoms with van der Waals surface area (Å²) in [6.45, 7) is 2.53. The molecular formula is C25H25NO9. The van der Waals surface area contributed by atoms with Crippen LogP contribution in [-0.2, 0) is 46.5 Å². The van der Waals surface area contributed by atoms with Gasteiger partial charge in [0.2, 0.25) is 0 Å². The van der Waals surface area contributed by atoms with E-state index in [4.69, 9.17) is 18.9 Å². The summed E-state index contributed by atoms with van der Waals surface area (Å²) in [4.78, 5) is 49.6. The average Bonchev–Trinajstić information content (AvgIpc) is 2.81. The van der Waals surface area contributed by atoms with E-state index in [1.165, 1.54) is 13.8 Å². The summed E-state index contributed by atoms with van der Waals surface area (Å²) in [5.74, 6) is -5.47. The van der Waals surface area contributed by atoms with Crippen LogP contribution in [0.2, 0.25) is 0 Å². The summed E-state index contributed by atoms with van der Waals surface area (Å²) in [7, 11) is 0. The van der Waals surface area contributed by atoms with Crippen LogP contribution < -0.4 is 5.32 Å². The van der Waals surface area contributed by atoms with Gasteiger partial charge in [-0.15, -0.1) is 0 Å². The van der Waals surface area contributed by atoms with Crippen molar-refractivity contribution in [3.63, 3.8) is 0 Å². The van der Waals surface area contributed by atoms with Crippen LogP contribution in [0.3, 0.4) is 0 Å². The van der Waals surface area contributed by atoms with Crippen molar-refractivity contribution in [2.45, 2.75) is 45.3 Å². The number of hydrogen-bond donors (Lipinski definition) is 2. The Morgan fingerprint density at radius 2 is 1.37 bits per heavy atom. The van der Waals surface area contributed by atoms with Crippen molar-refractivity contribution in [1.29, 1.82) is 0 Å². The number of alkyl carbamates (subject to hydrolysis) is 1. The van der Waals surface area contributed by atoms with Crippen molar-refractivity contribution in [3.8, 4) is 0 Å². The second-order valence-electron chi connectivity index (χ2n) is 8.06. The lowest BCUT2D eigenvalue weighted by Gasteiger charge is -2.30. The SMILES string of the molecule is CC1(C)OC(=O)C(=C(O)C[C@H](NC(=O)OCc2ccccc2)C(=O)OCc2ccccc2)C(=O)O1. The van der Waals surface area contributed by atoms with Gasteiger partial charge in [0, 0.05) is 20.3 Å². The highest BCUT2D eigenvalue weighted by Gasteiger charge is 2.42. The molecule has 0 aliphatic carbocycles. The van der Waals surface area contributed by atoms with Crippen LogP contribution in [0.15, 0.2) is 72.0 Å². The zero-order valence-corrected chi connectivity index (χ0v) is 19.2. The molecule has 0 unspecified atom stereocenters. The van der Waals surface area contributed by atoms with Crippen molar-refractivity contribution in [3.05, 3.63) is 83.1 Å². The number of hydrogen-bond acceptors (Lipinski definition) is 9. The normalized spacial score (nSPS) is 15.3. The van der Waals surface area contributed by atoms with Crippen molar-refractivity contribution >= 4 is 24.0 Å². The number of cyclic esters (lactones) is 2. The lowest BCUT2D eigenvalue weighted by atomic mass is 10.1. The Balaban J connectivity index is 1.73. The number of aliphatic hydroxyl groups excluding tert-OH is 1. The summed E-state index contributed by atoms with van der Waals surface area (Å²) < 4.78 is 20.3. The van der Waals surface area contributed by atoms with Crippen molar-refractivity contribution in [1.82, 2.24) is 5.32 Å². The molecule has 1 atom stereocenters. The standard InChI is InChI=1S/C25H25NO9/c1-25(2)34-22(29)20(23(30)35-25)19(27)13-18(21(28)32-14-16-9-5-3-6-10-16)26-24(31)33-15-17-11-7-4-8-12-17/h3-12,18,27H,13-15H2,1-2H3,(H,26,31)/t18-/m0/s1. The molecule has 35 heavy (non-hydrogen) atoms. The minimum Gasteiger partial charge on any atom is -0.511 e. The molecule has 184 valence electrons. The summed E-state index contributed by atoms with van der Waals surface area (Å²) in [5, 5.41) is 12.8. The van der Waals surface area contributed by atoms with Gasteiger partial charge in [-0.1, -0.05) is 60.7 Å². The third-order valence-electron chi connectivity index (χ3n) is 4.78. The van der Waals surface area contributed by atoms with E-state index < -0.39 is 53.6 Å². The third kappa shape index (κ3) is 7.32. The second kappa shape index (κ2) is 11.2. The molecule has 1 amide bonds. The van der Waals surface area contributed by atoms with Crippen LogP contribution >= 0.6 is 0 Å². The zero-order valence-electron chi connectivity index (χ0n) is 19.2. The fourth-order valence-corrected chi connectivity index (χ4v) is 3.11. The van der Waals surface area contributed by atoms with Crippen LogP contribution in [0.25, 0.3) is 0 Å². The van der Waals surface area contributed by atoms with Gasteiger partial charge < -0.3 is 29.4 Å². The Labute approximate surface area is 201 Å². The van der Waals surface area contributed by atoms with E-state index in [-0.39, 0.29) is 13.2 Å². The van der Waals surface area contributed by atoms with Gasteiger partial charge in [-0.25, -0.2) is 19.2 Å². The molecule has 0 spiro atoms. The Kier molecular flexibility index (Phi) is 8.08. The lowest BCUT2D eigenvalue weighted by molar-refractivity contribution is -0.222. The molecule has 0 bridgehead atoms. The second-order valence-corrected chi connectivity index (χ2v) is 8.06. The summed E-state index contributed by atoms with van der Waals surface area (Å²) in [6, 6.07) is 16.2. The van der Waals surface area contributed by atoms with Crippen LogP contribution in [0.1, 0.15) is 31.4 Å². The first-order chi connectivity index (χ1) is 16.6. The number of nitrogens with one attached hydrogen (secondary N) is 1. The minimum atomic E-state index is -1.51. The van der Waals surface area contributed by atoms with Crippen molar-refractivity contribution < 1.29 is 43.2 Å². The highest BCUT2D eigenvalue weighted by atomic mass is 16.7. The maximum atomic E-state index is 12.8. The minimum absolute atomic E-state index is 0.0702. The van der Waals surface area contributed by atoms with Gasteiger partial charge in [0.25, 0.3) is 5.79 Å². The monoisotopic (exact) mass is 483 g/mol. The number of amides is 1. The molecule has 1 fully saturated rings. The fourth-order valence-electron chi connectivity index (χ4n) is 3.11. The highest BCUT2D eigenvalue weighted by molar-refractivity contribution is 6.15. The number of benzene rings is 2. The number of carbonyl (C=O) groups is 4. The smallest absolute Gasteiger partial charge is 0.408 e. The van der Waals surface area contributed by atoms with Crippen LogP contribution in [0.5, 0.6) is 0 Å². The summed E-state index contributed by atoms with van der Waals surface area (Å²) in [5.41, 5.74) is 0.631. The van der Waals surface area contributed by atoms with Crippen LogP contribution in [0.4, 0.5) is 4.79 Å². The molecule has 2 N–H and O–H groups in total. The van der Waals surface area contributed by atoms with Crippen LogP contribution in [0, 0.1) is 0 Å². The first kappa shape index (κ1) is 25.3. The summed E-state index contributed by atoms with van der Waals surface area (Å²) in [6.07, 6.45) is -1.61. The number of aliphatic hydroxyl groups is 1. The van der Waals surface area contributed by atoms with E-state index in [0.717, 1.165) is 0 Å². The fraction of sp³-hybridized carbons (Fsp3) is 0.280. The van der Waals surface area contributed by atoms with Gasteiger partial charge >= 0.3 is 24.0 Å². The third-order valence-corrected chi connectivity index (χ3v) is 4.78. The van der Waals surface area contributed by atoms with Gasteiger partial charge in [0.15, 0.2) is 5.57 Å².